The van der Waals surface area contributed by atoms with E-state index in [1.165, 1.54) is 39.0 Å². The van der Waals surface area contributed by atoms with Crippen molar-refractivity contribution in [2.75, 3.05) is 26.2 Å². The van der Waals surface area contributed by atoms with Gasteiger partial charge in [-0.3, -0.25) is 0 Å². The minimum atomic E-state index is 0. The quantitative estimate of drug-likeness (QED) is 0.698. The van der Waals surface area contributed by atoms with Crippen molar-refractivity contribution < 1.29 is 0 Å². The van der Waals surface area contributed by atoms with Gasteiger partial charge in [0.05, 0.1) is 0 Å². The lowest BCUT2D eigenvalue weighted by Gasteiger charge is -2.18. The van der Waals surface area contributed by atoms with Gasteiger partial charge in [-0.2, -0.15) is 0 Å². The van der Waals surface area contributed by atoms with E-state index in [9.17, 15) is 0 Å². The molecule has 0 amide bonds. The molecule has 0 saturated carbocycles. The maximum atomic E-state index is 3.42. The Bertz CT molecular complexity index is 89.5. The van der Waals surface area contributed by atoms with E-state index >= 15 is 0 Å². The Morgan fingerprint density at radius 2 is 1.27 bits per heavy atom. The first kappa shape index (κ1) is 11.9. The Morgan fingerprint density at radius 1 is 0.818 bits per heavy atom. The molecule has 0 bridgehead atoms. The van der Waals surface area contributed by atoms with Crippen molar-refractivity contribution >= 4 is 34.0 Å². The average molecular weight is 288 g/mol. The smallest absolute Gasteiger partial charge is 0.00209 e. The second-order valence-corrected chi connectivity index (χ2v) is 3.35. The molecule has 0 unspecified atom stereocenters. The third kappa shape index (κ3) is 2.41. The molecule has 4 heteroatoms. The maximum Gasteiger partial charge on any atom is 0.00209 e. The van der Waals surface area contributed by atoms with E-state index in [1.54, 1.807) is 0 Å². The van der Waals surface area contributed by atoms with Crippen LogP contribution in [0.3, 0.4) is 0 Å². The Kier molecular flexibility index (Phi) is 5.18. The van der Waals surface area contributed by atoms with Crippen molar-refractivity contribution in [3.63, 3.8) is 0 Å². The fourth-order valence-electron chi connectivity index (χ4n) is 1.96. The normalized spacial score (nSPS) is 26.2. The standard InChI is InChI=1S/C7H14N2.2BrH/c1-3-8-5-7(1)2-4-9-6-7;;/h8-9H,1-6H2;2*1H. The van der Waals surface area contributed by atoms with Crippen molar-refractivity contribution in [2.45, 2.75) is 12.8 Å². The van der Waals surface area contributed by atoms with E-state index in [0.29, 0.717) is 5.41 Å². The molecule has 0 radical (unpaired) electrons. The SMILES string of the molecule is Br.Br.C1CC2(CCNC2)CN1. The van der Waals surface area contributed by atoms with Gasteiger partial charge in [0.25, 0.3) is 0 Å². The van der Waals surface area contributed by atoms with Gasteiger partial charge in [-0.05, 0) is 31.3 Å². The number of rotatable bonds is 0. The molecule has 0 aromatic carbocycles. The minimum Gasteiger partial charge on any atom is -0.316 e. The fraction of sp³-hybridized carbons (Fsp3) is 1.00. The summed E-state index contributed by atoms with van der Waals surface area (Å²) in [6, 6.07) is 0. The second-order valence-electron chi connectivity index (χ2n) is 3.35. The first-order valence-electron chi connectivity index (χ1n) is 3.83. The van der Waals surface area contributed by atoms with E-state index in [2.05, 4.69) is 10.6 Å². The van der Waals surface area contributed by atoms with Gasteiger partial charge in [0.1, 0.15) is 0 Å². The van der Waals surface area contributed by atoms with Gasteiger partial charge in [-0.1, -0.05) is 0 Å². The molecule has 2 aliphatic rings. The highest BCUT2D eigenvalue weighted by atomic mass is 79.9. The third-order valence-electron chi connectivity index (χ3n) is 2.66. The summed E-state index contributed by atoms with van der Waals surface area (Å²) >= 11 is 0. The van der Waals surface area contributed by atoms with Gasteiger partial charge < -0.3 is 10.6 Å². The first-order chi connectivity index (χ1) is 4.41. The lowest BCUT2D eigenvalue weighted by Crippen LogP contribution is -2.26. The molecule has 2 N–H and O–H groups in total. The molecule has 11 heavy (non-hydrogen) atoms. The van der Waals surface area contributed by atoms with Crippen LogP contribution in [0.1, 0.15) is 12.8 Å². The van der Waals surface area contributed by atoms with Gasteiger partial charge in [0.2, 0.25) is 0 Å². The predicted octanol–water partition coefficient (Wildman–Crippen LogP) is 1.12. The molecule has 0 atom stereocenters. The monoisotopic (exact) mass is 286 g/mol. The van der Waals surface area contributed by atoms with Crippen LogP contribution < -0.4 is 10.6 Å². The zero-order valence-electron chi connectivity index (χ0n) is 6.56. The molecule has 2 rings (SSSR count). The molecule has 1 spiro atoms. The summed E-state index contributed by atoms with van der Waals surface area (Å²) < 4.78 is 0. The second kappa shape index (κ2) is 4.80. The molecule has 2 nitrogen and oxygen atoms in total. The summed E-state index contributed by atoms with van der Waals surface area (Å²) in [6.07, 6.45) is 2.78. The summed E-state index contributed by atoms with van der Waals surface area (Å²) in [7, 11) is 0. The van der Waals surface area contributed by atoms with Crippen molar-refractivity contribution in [3.05, 3.63) is 0 Å². The molecular weight excluding hydrogens is 272 g/mol. The first-order valence-corrected chi connectivity index (χ1v) is 3.83. The van der Waals surface area contributed by atoms with Crippen LogP contribution in [-0.4, -0.2) is 26.2 Å². The van der Waals surface area contributed by atoms with Gasteiger partial charge in [-0.15, -0.1) is 34.0 Å². The van der Waals surface area contributed by atoms with Crippen LogP contribution in [0, 0.1) is 5.41 Å². The summed E-state index contributed by atoms with van der Waals surface area (Å²) in [4.78, 5) is 0. The predicted molar refractivity (Wildman–Crippen MR) is 58.1 cm³/mol. The number of hydrogen-bond acceptors (Lipinski definition) is 2. The molecule has 2 aliphatic heterocycles. The zero-order valence-corrected chi connectivity index (χ0v) is 9.99. The van der Waals surface area contributed by atoms with Crippen LogP contribution in [0.2, 0.25) is 0 Å². The number of halogens is 2. The summed E-state index contributed by atoms with van der Waals surface area (Å²) in [6.45, 7) is 4.98. The van der Waals surface area contributed by atoms with Crippen molar-refractivity contribution in [1.29, 1.82) is 0 Å². The van der Waals surface area contributed by atoms with Crippen LogP contribution in [0.4, 0.5) is 0 Å². The Hall–Kier alpha value is 0.880. The number of nitrogens with one attached hydrogen (secondary N) is 2. The Labute approximate surface area is 89.0 Å². The van der Waals surface area contributed by atoms with Gasteiger partial charge in [0.15, 0.2) is 0 Å². The highest BCUT2D eigenvalue weighted by Gasteiger charge is 2.35. The fourth-order valence-corrected chi connectivity index (χ4v) is 1.96. The molecule has 0 aromatic heterocycles. The van der Waals surface area contributed by atoms with Crippen LogP contribution in [0.5, 0.6) is 0 Å². The lowest BCUT2D eigenvalue weighted by molar-refractivity contribution is 0.365. The van der Waals surface area contributed by atoms with Crippen LogP contribution in [0.25, 0.3) is 0 Å². The number of hydrogen-bond donors (Lipinski definition) is 2. The van der Waals surface area contributed by atoms with Crippen molar-refractivity contribution in [1.82, 2.24) is 10.6 Å². The summed E-state index contributed by atoms with van der Waals surface area (Å²) in [5, 5.41) is 6.83. The molecular formula is C7H16Br2N2. The largest absolute Gasteiger partial charge is 0.316 e. The highest BCUT2D eigenvalue weighted by molar-refractivity contribution is 8.93. The van der Waals surface area contributed by atoms with E-state index in [1.807, 2.05) is 0 Å². The average Bonchev–Trinajstić information content (AvgIpc) is 2.45. The molecule has 2 saturated heterocycles. The van der Waals surface area contributed by atoms with Gasteiger partial charge >= 0.3 is 0 Å². The maximum absolute atomic E-state index is 3.42. The van der Waals surface area contributed by atoms with Crippen LogP contribution in [0.15, 0.2) is 0 Å². The van der Waals surface area contributed by atoms with Gasteiger partial charge in [0, 0.05) is 13.1 Å². The molecule has 0 aromatic rings. The topological polar surface area (TPSA) is 24.1 Å². The van der Waals surface area contributed by atoms with E-state index in [0.717, 1.165) is 0 Å². The van der Waals surface area contributed by atoms with Crippen LogP contribution in [-0.2, 0) is 0 Å². The Morgan fingerprint density at radius 3 is 1.55 bits per heavy atom. The van der Waals surface area contributed by atoms with E-state index in [4.69, 9.17) is 0 Å². The molecule has 68 valence electrons. The van der Waals surface area contributed by atoms with E-state index in [-0.39, 0.29) is 34.0 Å². The lowest BCUT2D eigenvalue weighted by atomic mass is 9.87. The summed E-state index contributed by atoms with van der Waals surface area (Å²) in [5.74, 6) is 0. The molecule has 2 fully saturated rings. The molecule has 2 heterocycles. The summed E-state index contributed by atoms with van der Waals surface area (Å²) in [5.41, 5.74) is 0.667. The van der Waals surface area contributed by atoms with Crippen molar-refractivity contribution in [2.24, 2.45) is 5.41 Å². The zero-order chi connectivity index (χ0) is 6.16. The van der Waals surface area contributed by atoms with Gasteiger partial charge in [-0.25, -0.2) is 0 Å². The van der Waals surface area contributed by atoms with E-state index < -0.39 is 0 Å². The minimum absolute atomic E-state index is 0. The Balaban J connectivity index is 0.000000500. The third-order valence-corrected chi connectivity index (χ3v) is 2.66. The molecule has 0 aliphatic carbocycles. The van der Waals surface area contributed by atoms with Crippen LogP contribution >= 0.6 is 34.0 Å². The highest BCUT2D eigenvalue weighted by Crippen LogP contribution is 2.31. The van der Waals surface area contributed by atoms with Crippen molar-refractivity contribution in [3.8, 4) is 0 Å².